The predicted octanol–water partition coefficient (Wildman–Crippen LogP) is 2.49. The molecule has 0 radical (unpaired) electrons. The van der Waals surface area contributed by atoms with Crippen molar-refractivity contribution in [1.29, 1.82) is 0 Å². The lowest BCUT2D eigenvalue weighted by molar-refractivity contribution is 0.161. The first kappa shape index (κ1) is 20.4. The SMILES string of the molecule is CN(C(=O)NC1C=CC(c2cccc(F)c2)=NC1)C1CCN([S+]([O-])C2CC2)CC1. The van der Waals surface area contributed by atoms with Gasteiger partial charge in [0.1, 0.15) is 11.1 Å². The van der Waals surface area contributed by atoms with E-state index in [1.54, 1.807) is 11.0 Å². The molecule has 2 unspecified atom stereocenters. The molecule has 29 heavy (non-hydrogen) atoms. The van der Waals surface area contributed by atoms with Crippen molar-refractivity contribution >= 4 is 23.1 Å². The van der Waals surface area contributed by atoms with E-state index in [-0.39, 0.29) is 23.9 Å². The molecule has 0 aromatic heterocycles. The Balaban J connectivity index is 1.25. The van der Waals surface area contributed by atoms with Crippen LogP contribution in [0.1, 0.15) is 31.2 Å². The number of nitrogens with one attached hydrogen (secondary N) is 1. The number of amides is 2. The Hall–Kier alpha value is -1.90. The molecule has 2 fully saturated rings. The van der Waals surface area contributed by atoms with E-state index >= 15 is 0 Å². The van der Waals surface area contributed by atoms with Gasteiger partial charge < -0.3 is 14.8 Å². The summed E-state index contributed by atoms with van der Waals surface area (Å²) in [4.78, 5) is 18.9. The highest BCUT2D eigenvalue weighted by Crippen LogP contribution is 2.32. The van der Waals surface area contributed by atoms with E-state index in [0.29, 0.717) is 11.8 Å². The van der Waals surface area contributed by atoms with Crippen LogP contribution in [0.25, 0.3) is 0 Å². The van der Waals surface area contributed by atoms with E-state index in [1.807, 2.05) is 25.3 Å². The van der Waals surface area contributed by atoms with Crippen LogP contribution < -0.4 is 5.32 Å². The van der Waals surface area contributed by atoms with Gasteiger partial charge in [0, 0.05) is 55.9 Å². The minimum absolute atomic E-state index is 0.120. The first-order chi connectivity index (χ1) is 14.0. The van der Waals surface area contributed by atoms with Gasteiger partial charge in [0.15, 0.2) is 0 Å². The molecule has 1 saturated carbocycles. The van der Waals surface area contributed by atoms with Gasteiger partial charge in [-0.3, -0.25) is 4.99 Å². The Labute approximate surface area is 174 Å². The van der Waals surface area contributed by atoms with Gasteiger partial charge in [-0.15, -0.1) is 4.31 Å². The van der Waals surface area contributed by atoms with Crippen LogP contribution in [0.3, 0.4) is 0 Å². The average molecular weight is 419 g/mol. The topological polar surface area (TPSA) is 71.0 Å². The fourth-order valence-corrected chi connectivity index (χ4v) is 5.29. The van der Waals surface area contributed by atoms with Gasteiger partial charge in [-0.05, 0) is 31.1 Å². The number of urea groups is 1. The number of carbonyl (C=O) groups is 1. The number of benzene rings is 1. The number of halogens is 1. The molecule has 1 saturated heterocycles. The van der Waals surface area contributed by atoms with Crippen LogP contribution in [0.5, 0.6) is 0 Å². The van der Waals surface area contributed by atoms with Crippen LogP contribution in [-0.4, -0.2) is 69.5 Å². The summed E-state index contributed by atoms with van der Waals surface area (Å²) in [5, 5.41) is 3.37. The summed E-state index contributed by atoms with van der Waals surface area (Å²) in [6, 6.07) is 6.20. The molecule has 2 atom stereocenters. The van der Waals surface area contributed by atoms with Crippen LogP contribution in [0, 0.1) is 5.82 Å². The molecule has 2 amide bonds. The van der Waals surface area contributed by atoms with Crippen LogP contribution in [-0.2, 0) is 11.4 Å². The van der Waals surface area contributed by atoms with E-state index < -0.39 is 11.4 Å². The van der Waals surface area contributed by atoms with E-state index in [0.717, 1.165) is 50.0 Å². The molecular weight excluding hydrogens is 391 g/mol. The molecule has 0 spiro atoms. The number of nitrogens with zero attached hydrogens (tertiary/aromatic N) is 3. The molecule has 2 heterocycles. The second-order valence-electron chi connectivity index (χ2n) is 7.90. The van der Waals surface area contributed by atoms with E-state index in [2.05, 4.69) is 14.6 Å². The largest absolute Gasteiger partial charge is 0.598 e. The van der Waals surface area contributed by atoms with Gasteiger partial charge in [-0.2, -0.15) is 0 Å². The number of piperidine rings is 1. The Bertz CT molecular complexity index is 806. The number of hydrogen-bond acceptors (Lipinski definition) is 4. The molecule has 3 aliphatic rings. The van der Waals surface area contributed by atoms with Crippen LogP contribution in [0.15, 0.2) is 41.4 Å². The van der Waals surface area contributed by atoms with Crippen LogP contribution >= 0.6 is 0 Å². The molecule has 156 valence electrons. The lowest BCUT2D eigenvalue weighted by Gasteiger charge is -2.36. The maximum atomic E-state index is 13.4. The monoisotopic (exact) mass is 418 g/mol. The van der Waals surface area contributed by atoms with Crippen molar-refractivity contribution in [2.24, 2.45) is 4.99 Å². The molecule has 1 aromatic rings. The van der Waals surface area contributed by atoms with Gasteiger partial charge in [0.05, 0.1) is 18.3 Å². The van der Waals surface area contributed by atoms with Crippen molar-refractivity contribution in [3.63, 3.8) is 0 Å². The van der Waals surface area contributed by atoms with Gasteiger partial charge in [0.25, 0.3) is 0 Å². The molecular formula is C21H27FN4O2S. The van der Waals surface area contributed by atoms with Crippen LogP contribution in [0.4, 0.5) is 9.18 Å². The van der Waals surface area contributed by atoms with Gasteiger partial charge in [-0.1, -0.05) is 18.2 Å². The molecule has 4 rings (SSSR count). The van der Waals surface area contributed by atoms with Crippen molar-refractivity contribution in [1.82, 2.24) is 14.5 Å². The standard InChI is InChI=1S/C21H27FN4O2S/c1-25(18-9-11-26(12-10-18)29(28)19-6-7-19)21(27)24-17-5-8-20(23-14-17)15-3-2-4-16(22)13-15/h2-5,8,13,17-19H,6-7,9-12,14H2,1H3,(H,24,27). The van der Waals surface area contributed by atoms with E-state index in [9.17, 15) is 13.7 Å². The van der Waals surface area contributed by atoms with Crippen LogP contribution in [0.2, 0.25) is 0 Å². The normalized spacial score (nSPS) is 24.1. The first-order valence-corrected chi connectivity index (χ1v) is 11.4. The van der Waals surface area contributed by atoms with E-state index in [1.165, 1.54) is 12.1 Å². The Morgan fingerprint density at radius 2 is 2.07 bits per heavy atom. The zero-order chi connectivity index (χ0) is 20.4. The Kier molecular flexibility index (Phi) is 6.22. The quantitative estimate of drug-likeness (QED) is 0.747. The second kappa shape index (κ2) is 8.85. The second-order valence-corrected chi connectivity index (χ2v) is 9.63. The highest BCUT2D eigenvalue weighted by atomic mass is 32.2. The number of carbonyl (C=O) groups excluding carboxylic acids is 1. The summed E-state index contributed by atoms with van der Waals surface area (Å²) in [5.41, 5.74) is 1.46. The third-order valence-corrected chi connectivity index (χ3v) is 7.65. The molecule has 6 nitrogen and oxygen atoms in total. The number of aliphatic imine (C=N–C) groups is 1. The van der Waals surface area contributed by atoms with Crippen molar-refractivity contribution in [3.05, 3.63) is 47.8 Å². The summed E-state index contributed by atoms with van der Waals surface area (Å²) in [7, 11) is 1.82. The maximum absolute atomic E-state index is 13.4. The summed E-state index contributed by atoms with van der Waals surface area (Å²) >= 11 is -0.846. The lowest BCUT2D eigenvalue weighted by atomic mass is 10.1. The maximum Gasteiger partial charge on any atom is 0.317 e. The summed E-state index contributed by atoms with van der Waals surface area (Å²) in [6.45, 7) is 1.98. The molecule has 2 aliphatic heterocycles. The van der Waals surface area contributed by atoms with Gasteiger partial charge in [-0.25, -0.2) is 9.18 Å². The number of allylic oxidation sites excluding steroid dienone is 1. The van der Waals surface area contributed by atoms with Gasteiger partial charge >= 0.3 is 6.03 Å². The summed E-state index contributed by atoms with van der Waals surface area (Å²) in [6.07, 6.45) is 7.56. The Morgan fingerprint density at radius 1 is 1.31 bits per heavy atom. The molecule has 8 heteroatoms. The molecule has 1 aromatic carbocycles. The third-order valence-electron chi connectivity index (χ3n) is 5.73. The number of hydrogen-bond donors (Lipinski definition) is 1. The zero-order valence-corrected chi connectivity index (χ0v) is 17.4. The van der Waals surface area contributed by atoms with Crippen molar-refractivity contribution in [2.75, 3.05) is 26.7 Å². The fraction of sp³-hybridized carbons (Fsp3) is 0.524. The Morgan fingerprint density at radius 3 is 2.69 bits per heavy atom. The van der Waals surface area contributed by atoms with Gasteiger partial charge in [0.2, 0.25) is 0 Å². The predicted molar refractivity (Wildman–Crippen MR) is 113 cm³/mol. The molecule has 0 bridgehead atoms. The summed E-state index contributed by atoms with van der Waals surface area (Å²) in [5.74, 6) is -0.289. The minimum Gasteiger partial charge on any atom is -0.598 e. The third kappa shape index (κ3) is 4.99. The molecule has 1 aliphatic carbocycles. The summed E-state index contributed by atoms with van der Waals surface area (Å²) < 4.78 is 27.7. The smallest absolute Gasteiger partial charge is 0.317 e. The minimum atomic E-state index is -0.846. The highest BCUT2D eigenvalue weighted by molar-refractivity contribution is 7.90. The fourth-order valence-electron chi connectivity index (χ4n) is 3.76. The molecule has 1 N–H and O–H groups in total. The van der Waals surface area contributed by atoms with Crippen molar-refractivity contribution in [2.45, 2.75) is 43.0 Å². The first-order valence-electron chi connectivity index (χ1n) is 10.2. The lowest BCUT2D eigenvalue weighted by Crippen LogP contribution is -2.52. The van der Waals surface area contributed by atoms with E-state index in [4.69, 9.17) is 0 Å². The average Bonchev–Trinajstić information content (AvgIpc) is 3.59. The van der Waals surface area contributed by atoms with Crippen molar-refractivity contribution < 1.29 is 13.7 Å². The number of rotatable bonds is 5. The zero-order valence-electron chi connectivity index (χ0n) is 16.6. The highest BCUT2D eigenvalue weighted by Gasteiger charge is 2.41. The van der Waals surface area contributed by atoms with Crippen molar-refractivity contribution in [3.8, 4) is 0 Å². The number of dihydropyridines is 1.